The lowest BCUT2D eigenvalue weighted by atomic mass is 10.1. The van der Waals surface area contributed by atoms with Crippen LogP contribution < -0.4 is 14.8 Å². The SMILES string of the molecule is O=C(NCc1cc(F)c(F)c(F)c1)c1cc(Cl)ccc1NS(=O)(=O)c1ccc(Oc2ccccc2Cl)cc1. The van der Waals surface area contributed by atoms with Crippen LogP contribution in [0.25, 0.3) is 0 Å². The summed E-state index contributed by atoms with van der Waals surface area (Å²) in [6, 6.07) is 17.6. The Morgan fingerprint density at radius 1 is 0.868 bits per heavy atom. The zero-order chi connectivity index (χ0) is 27.4. The molecule has 0 heterocycles. The molecule has 0 bridgehead atoms. The van der Waals surface area contributed by atoms with Crippen LogP contribution in [0.3, 0.4) is 0 Å². The average Bonchev–Trinajstić information content (AvgIpc) is 2.88. The van der Waals surface area contributed by atoms with E-state index in [9.17, 15) is 26.4 Å². The van der Waals surface area contributed by atoms with Gasteiger partial charge < -0.3 is 10.1 Å². The van der Waals surface area contributed by atoms with Crippen molar-refractivity contribution in [1.82, 2.24) is 5.32 Å². The fourth-order valence-corrected chi connectivity index (χ4v) is 4.75. The lowest BCUT2D eigenvalue weighted by molar-refractivity contribution is 0.0951. The number of hydrogen-bond acceptors (Lipinski definition) is 4. The van der Waals surface area contributed by atoms with Gasteiger partial charge in [-0.15, -0.1) is 0 Å². The molecule has 1 amide bonds. The lowest BCUT2D eigenvalue weighted by Gasteiger charge is -2.14. The number of para-hydroxylation sites is 1. The maximum atomic E-state index is 13.5. The van der Waals surface area contributed by atoms with E-state index in [2.05, 4.69) is 10.0 Å². The molecule has 0 saturated heterocycles. The highest BCUT2D eigenvalue weighted by molar-refractivity contribution is 7.92. The Hall–Kier alpha value is -3.73. The van der Waals surface area contributed by atoms with Gasteiger partial charge in [-0.3, -0.25) is 9.52 Å². The highest BCUT2D eigenvalue weighted by Crippen LogP contribution is 2.30. The summed E-state index contributed by atoms with van der Waals surface area (Å²) in [4.78, 5) is 12.7. The zero-order valence-corrected chi connectivity index (χ0v) is 21.5. The van der Waals surface area contributed by atoms with Crippen molar-refractivity contribution in [3.63, 3.8) is 0 Å². The molecule has 0 spiro atoms. The number of sulfonamides is 1. The fourth-order valence-electron chi connectivity index (χ4n) is 3.33. The van der Waals surface area contributed by atoms with E-state index in [1.165, 1.54) is 42.5 Å². The Balaban J connectivity index is 1.51. The number of benzene rings is 4. The zero-order valence-electron chi connectivity index (χ0n) is 19.1. The summed E-state index contributed by atoms with van der Waals surface area (Å²) < 4.78 is 74.1. The van der Waals surface area contributed by atoms with Crippen LogP contribution in [0.4, 0.5) is 18.9 Å². The number of hydrogen-bond donors (Lipinski definition) is 2. The minimum Gasteiger partial charge on any atom is -0.456 e. The molecule has 12 heteroatoms. The van der Waals surface area contributed by atoms with Crippen molar-refractivity contribution in [2.75, 3.05) is 4.72 Å². The second-order valence-corrected chi connectivity index (χ2v) is 10.4. The van der Waals surface area contributed by atoms with Crippen molar-refractivity contribution in [3.05, 3.63) is 117 Å². The smallest absolute Gasteiger partial charge is 0.261 e. The van der Waals surface area contributed by atoms with Crippen LogP contribution in [0, 0.1) is 17.5 Å². The number of halogens is 5. The van der Waals surface area contributed by atoms with Gasteiger partial charge in [-0.05, 0) is 72.3 Å². The Labute approximate surface area is 226 Å². The Morgan fingerprint density at radius 2 is 1.53 bits per heavy atom. The van der Waals surface area contributed by atoms with Crippen LogP contribution in [0.5, 0.6) is 11.5 Å². The first-order valence-electron chi connectivity index (χ1n) is 10.8. The molecule has 4 aromatic rings. The molecule has 0 aliphatic carbocycles. The van der Waals surface area contributed by atoms with E-state index < -0.39 is 33.4 Å². The van der Waals surface area contributed by atoms with Crippen molar-refractivity contribution in [3.8, 4) is 11.5 Å². The number of carbonyl (C=O) groups excluding carboxylic acids is 1. The van der Waals surface area contributed by atoms with Crippen LogP contribution in [-0.4, -0.2) is 14.3 Å². The van der Waals surface area contributed by atoms with Gasteiger partial charge in [0.2, 0.25) is 0 Å². The summed E-state index contributed by atoms with van der Waals surface area (Å²) in [6.45, 7) is -0.363. The summed E-state index contributed by atoms with van der Waals surface area (Å²) in [5.74, 6) is -4.50. The number of anilines is 1. The second kappa shape index (κ2) is 11.3. The van der Waals surface area contributed by atoms with Gasteiger partial charge in [-0.2, -0.15) is 0 Å². The Morgan fingerprint density at radius 3 is 2.18 bits per heavy atom. The Bertz CT molecular complexity index is 1590. The van der Waals surface area contributed by atoms with Gasteiger partial charge in [0.05, 0.1) is 21.2 Å². The molecule has 0 unspecified atom stereocenters. The first kappa shape index (κ1) is 27.3. The van der Waals surface area contributed by atoms with E-state index in [0.717, 1.165) is 12.1 Å². The monoisotopic (exact) mass is 580 g/mol. The van der Waals surface area contributed by atoms with E-state index in [1.807, 2.05) is 0 Å². The van der Waals surface area contributed by atoms with Gasteiger partial charge in [-0.1, -0.05) is 35.3 Å². The summed E-state index contributed by atoms with van der Waals surface area (Å²) in [7, 11) is -4.16. The van der Waals surface area contributed by atoms with Crippen LogP contribution in [0.15, 0.2) is 83.8 Å². The molecule has 2 N–H and O–H groups in total. The van der Waals surface area contributed by atoms with Crippen LogP contribution in [0.1, 0.15) is 15.9 Å². The van der Waals surface area contributed by atoms with Gasteiger partial charge in [0.25, 0.3) is 15.9 Å². The highest BCUT2D eigenvalue weighted by Gasteiger charge is 2.20. The third-order valence-corrected chi connectivity index (χ3v) is 7.09. The maximum Gasteiger partial charge on any atom is 0.261 e. The summed E-state index contributed by atoms with van der Waals surface area (Å²) >= 11 is 12.1. The fraction of sp³-hybridized carbons (Fsp3) is 0.0385. The van der Waals surface area contributed by atoms with Crippen molar-refractivity contribution in [2.45, 2.75) is 11.4 Å². The van der Waals surface area contributed by atoms with Gasteiger partial charge in [-0.25, -0.2) is 21.6 Å². The molecule has 0 atom stereocenters. The predicted octanol–water partition coefficient (Wildman–Crippen LogP) is 6.93. The average molecular weight is 581 g/mol. The second-order valence-electron chi connectivity index (χ2n) is 7.86. The molecule has 6 nitrogen and oxygen atoms in total. The van der Waals surface area contributed by atoms with E-state index in [-0.39, 0.29) is 33.3 Å². The predicted molar refractivity (Wildman–Crippen MR) is 138 cm³/mol. The molecular formula is C26H17Cl2F3N2O4S. The Kier molecular flexibility index (Phi) is 8.15. The third kappa shape index (κ3) is 6.39. The third-order valence-electron chi connectivity index (χ3n) is 5.17. The summed E-state index contributed by atoms with van der Waals surface area (Å²) in [5.41, 5.74) is -0.291. The quantitative estimate of drug-likeness (QED) is 0.221. The molecule has 0 aliphatic heterocycles. The minimum atomic E-state index is -4.16. The van der Waals surface area contributed by atoms with E-state index >= 15 is 0 Å². The number of carbonyl (C=O) groups is 1. The molecule has 4 rings (SSSR count). The normalized spacial score (nSPS) is 11.2. The highest BCUT2D eigenvalue weighted by atomic mass is 35.5. The van der Waals surface area contributed by atoms with E-state index in [1.54, 1.807) is 24.3 Å². The molecule has 4 aromatic carbocycles. The number of rotatable bonds is 8. The lowest BCUT2D eigenvalue weighted by Crippen LogP contribution is -2.25. The van der Waals surface area contributed by atoms with Gasteiger partial charge >= 0.3 is 0 Å². The minimum absolute atomic E-state index is 0.0435. The number of ether oxygens (including phenoxy) is 1. The van der Waals surface area contributed by atoms with Gasteiger partial charge in [0, 0.05) is 11.6 Å². The molecule has 0 radical (unpaired) electrons. The van der Waals surface area contributed by atoms with Crippen molar-refractivity contribution >= 4 is 44.8 Å². The van der Waals surface area contributed by atoms with E-state index in [4.69, 9.17) is 27.9 Å². The molecule has 38 heavy (non-hydrogen) atoms. The molecule has 0 fully saturated rings. The summed E-state index contributed by atoms with van der Waals surface area (Å²) in [5, 5.41) is 2.92. The topological polar surface area (TPSA) is 84.5 Å². The van der Waals surface area contributed by atoms with Crippen LogP contribution in [0.2, 0.25) is 10.0 Å². The number of amides is 1. The van der Waals surface area contributed by atoms with Gasteiger partial charge in [0.15, 0.2) is 17.5 Å². The summed E-state index contributed by atoms with van der Waals surface area (Å²) in [6.07, 6.45) is 0. The van der Waals surface area contributed by atoms with Crippen molar-refractivity contribution in [1.29, 1.82) is 0 Å². The largest absolute Gasteiger partial charge is 0.456 e. The van der Waals surface area contributed by atoms with E-state index in [0.29, 0.717) is 16.5 Å². The van der Waals surface area contributed by atoms with Crippen molar-refractivity contribution in [2.24, 2.45) is 0 Å². The molecular weight excluding hydrogens is 564 g/mol. The number of nitrogens with one attached hydrogen (secondary N) is 2. The maximum absolute atomic E-state index is 13.5. The van der Waals surface area contributed by atoms with Crippen LogP contribution >= 0.6 is 23.2 Å². The van der Waals surface area contributed by atoms with Gasteiger partial charge in [0.1, 0.15) is 11.5 Å². The molecule has 0 aliphatic rings. The standard InChI is InChI=1S/C26H17Cl2F3N2O4S/c27-16-5-10-23(19(13-16)26(34)32-14-15-11-21(29)25(31)22(30)12-15)33-38(35,36)18-8-6-17(7-9-18)37-24-4-2-1-3-20(24)28/h1-13,33H,14H2,(H,32,34). The molecule has 196 valence electrons. The van der Waals surface area contributed by atoms with Crippen LogP contribution in [-0.2, 0) is 16.6 Å². The first-order valence-corrected chi connectivity index (χ1v) is 13.0. The molecule has 0 aromatic heterocycles. The van der Waals surface area contributed by atoms with Crippen molar-refractivity contribution < 1.29 is 31.1 Å². The first-order chi connectivity index (χ1) is 18.0. The molecule has 0 saturated carbocycles.